The van der Waals surface area contributed by atoms with Crippen LogP contribution in [-0.2, 0) is 12.2 Å². The van der Waals surface area contributed by atoms with E-state index in [2.05, 4.69) is 28.7 Å². The minimum atomic E-state index is -1.16. The van der Waals surface area contributed by atoms with Crippen LogP contribution in [-0.4, -0.2) is 29.5 Å². The van der Waals surface area contributed by atoms with E-state index in [1.807, 2.05) is 19.2 Å². The summed E-state index contributed by atoms with van der Waals surface area (Å²) < 4.78 is 0. The Balaban J connectivity index is 2.15. The van der Waals surface area contributed by atoms with Crippen molar-refractivity contribution in [1.29, 1.82) is 0 Å². The fourth-order valence-electron chi connectivity index (χ4n) is 2.29. The molecule has 128 valence electrons. The lowest BCUT2D eigenvalue weighted by atomic mass is 10.1. The molecule has 0 amide bonds. The summed E-state index contributed by atoms with van der Waals surface area (Å²) in [5, 5.41) is 11.7. The van der Waals surface area contributed by atoms with Gasteiger partial charge in [0.2, 0.25) is 0 Å². The first-order valence-corrected chi connectivity index (χ1v) is 9.04. The topological polar surface area (TPSA) is 69.2 Å². The van der Waals surface area contributed by atoms with E-state index in [4.69, 9.17) is 0 Å². The van der Waals surface area contributed by atoms with Gasteiger partial charge in [-0.15, -0.1) is 0 Å². The number of aromatic nitrogens is 2. The Labute approximate surface area is 147 Å². The van der Waals surface area contributed by atoms with E-state index < -0.39 is 5.97 Å². The minimum absolute atomic E-state index is 0.194. The summed E-state index contributed by atoms with van der Waals surface area (Å²) in [6, 6.07) is 8.82. The lowest BCUT2D eigenvalue weighted by Gasteiger charge is -2.18. The minimum Gasteiger partial charge on any atom is -0.545 e. The van der Waals surface area contributed by atoms with Crippen molar-refractivity contribution in [2.45, 2.75) is 37.6 Å². The number of aromatic carboxylic acids is 1. The molecule has 0 N–H and O–H groups in total. The van der Waals surface area contributed by atoms with Crippen molar-refractivity contribution < 1.29 is 9.90 Å². The Morgan fingerprint density at radius 1 is 1.25 bits per heavy atom. The summed E-state index contributed by atoms with van der Waals surface area (Å²) in [4.78, 5) is 22.3. The number of carboxylic acid groups (broad SMARTS) is 1. The molecule has 0 aliphatic carbocycles. The van der Waals surface area contributed by atoms with Gasteiger partial charge < -0.3 is 14.8 Å². The van der Waals surface area contributed by atoms with Gasteiger partial charge in [-0.25, -0.2) is 9.97 Å². The average molecular weight is 344 g/mol. The third-order valence-corrected chi connectivity index (χ3v) is 4.51. The molecule has 1 aromatic heterocycles. The Morgan fingerprint density at radius 2 is 2.04 bits per heavy atom. The van der Waals surface area contributed by atoms with Crippen LogP contribution in [0.5, 0.6) is 0 Å². The number of nitrogens with zero attached hydrogens (tertiary/aromatic N) is 3. The van der Waals surface area contributed by atoms with Crippen LogP contribution in [0, 0.1) is 0 Å². The number of carbonyl (C=O) groups is 1. The monoisotopic (exact) mass is 344 g/mol. The molecule has 0 aliphatic rings. The Bertz CT molecular complexity index is 706. The summed E-state index contributed by atoms with van der Waals surface area (Å²) in [5.74, 6) is 0.384. The van der Waals surface area contributed by atoms with Crippen LogP contribution in [0.15, 0.2) is 35.5 Å². The van der Waals surface area contributed by atoms with Crippen molar-refractivity contribution in [1.82, 2.24) is 9.97 Å². The molecule has 2 aromatic rings. The van der Waals surface area contributed by atoms with E-state index in [1.54, 1.807) is 12.1 Å². The van der Waals surface area contributed by atoms with Crippen molar-refractivity contribution in [2.75, 3.05) is 18.5 Å². The second-order valence-electron chi connectivity index (χ2n) is 5.55. The highest BCUT2D eigenvalue weighted by molar-refractivity contribution is 7.98. The van der Waals surface area contributed by atoms with Crippen LogP contribution < -0.4 is 10.0 Å². The van der Waals surface area contributed by atoms with Gasteiger partial charge in [-0.3, -0.25) is 0 Å². The highest BCUT2D eigenvalue weighted by Gasteiger charge is 2.08. The van der Waals surface area contributed by atoms with Gasteiger partial charge >= 0.3 is 0 Å². The molecule has 5 nitrogen and oxygen atoms in total. The number of hydrogen-bond donors (Lipinski definition) is 0. The molecule has 0 atom stereocenters. The SMILES string of the molecule is CCCN(C)c1cc(CC)nc(SCc2cccc(C(=O)[O-])c2)n1. The van der Waals surface area contributed by atoms with E-state index in [0.29, 0.717) is 10.9 Å². The lowest BCUT2D eigenvalue weighted by molar-refractivity contribution is -0.255. The van der Waals surface area contributed by atoms with Crippen molar-refractivity contribution in [3.8, 4) is 0 Å². The fraction of sp³-hybridized carbons (Fsp3) is 0.389. The number of thioether (sulfide) groups is 1. The highest BCUT2D eigenvalue weighted by atomic mass is 32.2. The number of rotatable bonds is 8. The zero-order chi connectivity index (χ0) is 17.5. The molecular formula is C18H22N3O2S-. The third-order valence-electron chi connectivity index (χ3n) is 3.59. The van der Waals surface area contributed by atoms with Crippen molar-refractivity contribution in [3.05, 3.63) is 47.2 Å². The first-order chi connectivity index (χ1) is 11.5. The van der Waals surface area contributed by atoms with Crippen LogP contribution in [0.25, 0.3) is 0 Å². The van der Waals surface area contributed by atoms with Gasteiger partial charge in [0.1, 0.15) is 5.82 Å². The molecule has 0 aliphatic heterocycles. The number of benzene rings is 1. The smallest absolute Gasteiger partial charge is 0.190 e. The molecule has 1 heterocycles. The zero-order valence-corrected chi connectivity index (χ0v) is 15.1. The fourth-order valence-corrected chi connectivity index (χ4v) is 3.10. The van der Waals surface area contributed by atoms with Crippen molar-refractivity contribution in [2.24, 2.45) is 0 Å². The maximum absolute atomic E-state index is 10.9. The van der Waals surface area contributed by atoms with E-state index >= 15 is 0 Å². The second-order valence-corrected chi connectivity index (χ2v) is 6.49. The quantitative estimate of drug-likeness (QED) is 0.541. The van der Waals surface area contributed by atoms with Crippen LogP contribution in [0.2, 0.25) is 0 Å². The summed E-state index contributed by atoms with van der Waals surface area (Å²) in [6.45, 7) is 5.15. The number of anilines is 1. The molecule has 24 heavy (non-hydrogen) atoms. The molecule has 0 bridgehead atoms. The summed E-state index contributed by atoms with van der Waals surface area (Å²) in [5.41, 5.74) is 2.12. The Kier molecular flexibility index (Phi) is 6.61. The number of hydrogen-bond acceptors (Lipinski definition) is 6. The van der Waals surface area contributed by atoms with Gasteiger partial charge in [0.05, 0.1) is 5.97 Å². The maximum atomic E-state index is 10.9. The van der Waals surface area contributed by atoms with Gasteiger partial charge in [-0.05, 0) is 30.0 Å². The first-order valence-electron chi connectivity index (χ1n) is 8.05. The van der Waals surface area contributed by atoms with Crippen LogP contribution in [0.3, 0.4) is 0 Å². The van der Waals surface area contributed by atoms with Gasteiger partial charge in [0, 0.05) is 31.1 Å². The van der Waals surface area contributed by atoms with Crippen LogP contribution in [0.1, 0.15) is 41.9 Å². The molecule has 2 rings (SSSR count). The van der Waals surface area contributed by atoms with E-state index in [0.717, 1.165) is 36.5 Å². The zero-order valence-electron chi connectivity index (χ0n) is 14.3. The Hall–Kier alpha value is -2.08. The molecule has 0 radical (unpaired) electrons. The molecule has 0 spiro atoms. The van der Waals surface area contributed by atoms with Gasteiger partial charge in [-0.1, -0.05) is 43.8 Å². The molecule has 0 saturated carbocycles. The standard InChI is InChI=1S/C18H23N3O2S/c1-4-9-21(3)16-11-15(5-2)19-18(20-16)24-12-13-7-6-8-14(10-13)17(22)23/h6-8,10-11H,4-5,9,12H2,1-3H3,(H,22,23)/p-1. The number of carboxylic acids is 1. The Morgan fingerprint density at radius 3 is 2.71 bits per heavy atom. The normalized spacial score (nSPS) is 10.6. The molecule has 1 aromatic carbocycles. The predicted octanol–water partition coefficient (Wildman–Crippen LogP) is 2.54. The van der Waals surface area contributed by atoms with Crippen molar-refractivity contribution >= 4 is 23.5 Å². The van der Waals surface area contributed by atoms with E-state index in [-0.39, 0.29) is 5.56 Å². The summed E-state index contributed by atoms with van der Waals surface area (Å²) in [6.07, 6.45) is 1.91. The van der Waals surface area contributed by atoms with Gasteiger partial charge in [-0.2, -0.15) is 0 Å². The van der Waals surface area contributed by atoms with E-state index in [1.165, 1.54) is 17.8 Å². The average Bonchev–Trinajstić information content (AvgIpc) is 2.60. The molecule has 6 heteroatoms. The van der Waals surface area contributed by atoms with Crippen LogP contribution >= 0.6 is 11.8 Å². The number of carbonyl (C=O) groups excluding carboxylic acids is 1. The molecule has 0 unspecified atom stereocenters. The number of aryl methyl sites for hydroxylation is 1. The highest BCUT2D eigenvalue weighted by Crippen LogP contribution is 2.23. The molecular weight excluding hydrogens is 322 g/mol. The van der Waals surface area contributed by atoms with Crippen molar-refractivity contribution in [3.63, 3.8) is 0 Å². The maximum Gasteiger partial charge on any atom is 0.190 e. The molecule has 0 saturated heterocycles. The molecule has 0 fully saturated rings. The summed E-state index contributed by atoms with van der Waals surface area (Å²) >= 11 is 1.51. The lowest BCUT2D eigenvalue weighted by Crippen LogP contribution is -2.22. The second kappa shape index (κ2) is 8.68. The van der Waals surface area contributed by atoms with Gasteiger partial charge in [0.25, 0.3) is 0 Å². The first kappa shape index (κ1) is 18.3. The third kappa shape index (κ3) is 4.96. The summed E-state index contributed by atoms with van der Waals surface area (Å²) in [7, 11) is 2.03. The van der Waals surface area contributed by atoms with E-state index in [9.17, 15) is 9.90 Å². The predicted molar refractivity (Wildman–Crippen MR) is 95.3 cm³/mol. The largest absolute Gasteiger partial charge is 0.545 e. The van der Waals surface area contributed by atoms with Gasteiger partial charge in [0.15, 0.2) is 5.16 Å². The van der Waals surface area contributed by atoms with Crippen LogP contribution in [0.4, 0.5) is 5.82 Å².